The van der Waals surface area contributed by atoms with E-state index in [2.05, 4.69) is 5.32 Å². The minimum absolute atomic E-state index is 0.0562. The van der Waals surface area contributed by atoms with Gasteiger partial charge in [0.1, 0.15) is 5.75 Å². The molecule has 0 fully saturated rings. The molecule has 1 aromatic carbocycles. The van der Waals surface area contributed by atoms with Crippen molar-refractivity contribution in [3.05, 3.63) is 35.4 Å². The van der Waals surface area contributed by atoms with Crippen LogP contribution >= 0.6 is 0 Å². The van der Waals surface area contributed by atoms with Gasteiger partial charge in [0.2, 0.25) is 5.91 Å². The van der Waals surface area contributed by atoms with Crippen molar-refractivity contribution in [2.24, 2.45) is 5.73 Å². The number of nitrogens with one attached hydrogen (secondary N) is 1. The Labute approximate surface area is 104 Å². The van der Waals surface area contributed by atoms with Gasteiger partial charge in [0.05, 0.1) is 0 Å². The molecule has 4 nitrogen and oxygen atoms in total. The third-order valence-electron chi connectivity index (χ3n) is 2.22. The molecule has 0 heterocycles. The van der Waals surface area contributed by atoms with E-state index in [0.717, 1.165) is 11.1 Å². The van der Waals surface area contributed by atoms with Crippen LogP contribution in [0, 0.1) is 0 Å². The number of carbonyl (C=O) groups is 1. The van der Waals surface area contributed by atoms with Crippen molar-refractivity contribution < 1.29 is 9.00 Å². The van der Waals surface area contributed by atoms with E-state index < -0.39 is 10.8 Å². The van der Waals surface area contributed by atoms with Crippen molar-refractivity contribution in [2.75, 3.05) is 12.3 Å². The number of rotatable bonds is 6. The molecule has 1 unspecified atom stereocenters. The molecule has 0 spiro atoms. The SMILES string of the molecule is CCNC(=O)CS(=O)Cc1cccc(CN)c1. The van der Waals surface area contributed by atoms with Gasteiger partial charge in [-0.15, -0.1) is 0 Å². The van der Waals surface area contributed by atoms with E-state index in [-0.39, 0.29) is 11.7 Å². The van der Waals surface area contributed by atoms with Crippen molar-refractivity contribution in [2.45, 2.75) is 19.2 Å². The molecule has 1 amide bonds. The summed E-state index contributed by atoms with van der Waals surface area (Å²) in [6.07, 6.45) is 0. The Hall–Kier alpha value is -1.20. The first-order chi connectivity index (χ1) is 8.15. The monoisotopic (exact) mass is 254 g/mol. The molecule has 1 aromatic rings. The zero-order valence-electron chi connectivity index (χ0n) is 9.94. The zero-order chi connectivity index (χ0) is 12.7. The maximum atomic E-state index is 11.7. The van der Waals surface area contributed by atoms with Gasteiger partial charge in [0.25, 0.3) is 0 Å². The van der Waals surface area contributed by atoms with E-state index in [1.54, 1.807) is 0 Å². The first-order valence-electron chi connectivity index (χ1n) is 5.55. The van der Waals surface area contributed by atoms with Crippen LogP contribution in [0.25, 0.3) is 0 Å². The second-order valence-corrected chi connectivity index (χ2v) is 5.16. The minimum atomic E-state index is -1.17. The van der Waals surface area contributed by atoms with Gasteiger partial charge in [0, 0.05) is 29.6 Å². The molecule has 0 radical (unpaired) electrons. The zero-order valence-corrected chi connectivity index (χ0v) is 10.8. The lowest BCUT2D eigenvalue weighted by Crippen LogP contribution is -2.28. The van der Waals surface area contributed by atoms with Crippen LogP contribution in [0.2, 0.25) is 0 Å². The molecule has 17 heavy (non-hydrogen) atoms. The molecular weight excluding hydrogens is 236 g/mol. The topological polar surface area (TPSA) is 72.2 Å². The highest BCUT2D eigenvalue weighted by molar-refractivity contribution is 7.84. The fraction of sp³-hybridized carbons (Fsp3) is 0.417. The molecule has 0 aliphatic carbocycles. The van der Waals surface area contributed by atoms with E-state index >= 15 is 0 Å². The molecule has 0 saturated carbocycles. The highest BCUT2D eigenvalue weighted by atomic mass is 32.2. The summed E-state index contributed by atoms with van der Waals surface area (Å²) in [5.41, 5.74) is 7.50. The molecule has 1 rings (SSSR count). The number of benzene rings is 1. The smallest absolute Gasteiger partial charge is 0.232 e. The average molecular weight is 254 g/mol. The average Bonchev–Trinajstić information content (AvgIpc) is 2.29. The van der Waals surface area contributed by atoms with Crippen LogP contribution in [0.15, 0.2) is 24.3 Å². The van der Waals surface area contributed by atoms with Crippen LogP contribution in [-0.2, 0) is 27.9 Å². The van der Waals surface area contributed by atoms with Crippen LogP contribution < -0.4 is 11.1 Å². The van der Waals surface area contributed by atoms with Crippen LogP contribution in [0.3, 0.4) is 0 Å². The maximum absolute atomic E-state index is 11.7. The van der Waals surface area contributed by atoms with E-state index in [1.165, 1.54) is 0 Å². The molecule has 94 valence electrons. The Bertz CT molecular complexity index is 407. The van der Waals surface area contributed by atoms with Crippen molar-refractivity contribution in [3.63, 3.8) is 0 Å². The molecule has 3 N–H and O–H groups in total. The summed E-state index contributed by atoms with van der Waals surface area (Å²) < 4.78 is 11.7. The van der Waals surface area contributed by atoms with E-state index in [9.17, 15) is 9.00 Å². The fourth-order valence-electron chi connectivity index (χ4n) is 1.48. The Kier molecular flexibility index (Phi) is 5.86. The van der Waals surface area contributed by atoms with Crippen molar-refractivity contribution >= 4 is 16.7 Å². The summed E-state index contributed by atoms with van der Waals surface area (Å²) >= 11 is 0. The van der Waals surface area contributed by atoms with Crippen molar-refractivity contribution in [3.8, 4) is 0 Å². The first kappa shape index (κ1) is 13.9. The summed E-state index contributed by atoms with van der Waals surface area (Å²) in [5.74, 6) is 0.284. The first-order valence-corrected chi connectivity index (χ1v) is 7.04. The molecule has 0 saturated heterocycles. The molecular formula is C12H18N2O2S. The molecule has 1 atom stereocenters. The summed E-state index contributed by atoms with van der Waals surface area (Å²) in [5, 5.41) is 2.63. The minimum Gasteiger partial charge on any atom is -0.356 e. The number of amides is 1. The van der Waals surface area contributed by atoms with Gasteiger partial charge in [-0.1, -0.05) is 24.3 Å². The summed E-state index contributed by atoms with van der Waals surface area (Å²) in [4.78, 5) is 11.2. The third-order valence-corrected chi connectivity index (χ3v) is 3.46. The lowest BCUT2D eigenvalue weighted by atomic mass is 10.1. The summed E-state index contributed by atoms with van der Waals surface area (Å²) in [7, 11) is -1.17. The molecule has 0 bridgehead atoms. The van der Waals surface area contributed by atoms with Crippen LogP contribution in [0.1, 0.15) is 18.1 Å². The lowest BCUT2D eigenvalue weighted by Gasteiger charge is -2.04. The quantitative estimate of drug-likeness (QED) is 0.778. The van der Waals surface area contributed by atoms with Gasteiger partial charge in [-0.2, -0.15) is 0 Å². The maximum Gasteiger partial charge on any atom is 0.232 e. The number of hydrogen-bond donors (Lipinski definition) is 2. The Morgan fingerprint density at radius 3 is 2.76 bits per heavy atom. The Morgan fingerprint density at radius 2 is 2.12 bits per heavy atom. The second-order valence-electron chi connectivity index (χ2n) is 3.71. The Balaban J connectivity index is 2.52. The molecule has 0 aliphatic rings. The van der Waals surface area contributed by atoms with Gasteiger partial charge in [0.15, 0.2) is 0 Å². The highest BCUT2D eigenvalue weighted by Crippen LogP contribution is 2.07. The second kappa shape index (κ2) is 7.19. The standard InChI is InChI=1S/C12H18N2O2S/c1-2-14-12(15)9-17(16)8-11-5-3-4-10(6-11)7-13/h3-6H,2,7-9,13H2,1H3,(H,14,15). The van der Waals surface area contributed by atoms with Crippen molar-refractivity contribution in [1.29, 1.82) is 0 Å². The number of carbonyl (C=O) groups excluding carboxylic acids is 1. The van der Waals surface area contributed by atoms with Gasteiger partial charge in [-0.25, -0.2) is 0 Å². The third kappa shape index (κ3) is 5.10. The Morgan fingerprint density at radius 1 is 1.41 bits per heavy atom. The highest BCUT2D eigenvalue weighted by Gasteiger charge is 2.07. The molecule has 0 aliphatic heterocycles. The van der Waals surface area contributed by atoms with Gasteiger partial charge < -0.3 is 11.1 Å². The number of hydrogen-bond acceptors (Lipinski definition) is 3. The summed E-state index contributed by atoms with van der Waals surface area (Å²) in [6, 6.07) is 7.64. The fourth-order valence-corrected chi connectivity index (χ4v) is 2.53. The number of nitrogens with two attached hydrogens (primary N) is 1. The lowest BCUT2D eigenvalue weighted by molar-refractivity contribution is -0.118. The van der Waals surface area contributed by atoms with Crippen LogP contribution in [0.5, 0.6) is 0 Å². The van der Waals surface area contributed by atoms with Crippen molar-refractivity contribution in [1.82, 2.24) is 5.32 Å². The molecule has 0 aromatic heterocycles. The van der Waals surface area contributed by atoms with E-state index in [4.69, 9.17) is 5.73 Å². The predicted octanol–water partition coefficient (Wildman–Crippen LogP) is 0.530. The van der Waals surface area contributed by atoms with Crippen LogP contribution in [-0.4, -0.2) is 22.4 Å². The molecule has 5 heteroatoms. The summed E-state index contributed by atoms with van der Waals surface area (Å²) in [6.45, 7) is 2.88. The van der Waals surface area contributed by atoms with E-state index in [1.807, 2.05) is 31.2 Å². The normalized spacial score (nSPS) is 12.1. The van der Waals surface area contributed by atoms with Gasteiger partial charge >= 0.3 is 0 Å². The van der Waals surface area contributed by atoms with Gasteiger partial charge in [-0.3, -0.25) is 9.00 Å². The van der Waals surface area contributed by atoms with Gasteiger partial charge in [-0.05, 0) is 18.1 Å². The van der Waals surface area contributed by atoms with Crippen LogP contribution in [0.4, 0.5) is 0 Å². The largest absolute Gasteiger partial charge is 0.356 e. The predicted molar refractivity (Wildman–Crippen MR) is 69.7 cm³/mol. The van der Waals surface area contributed by atoms with E-state index in [0.29, 0.717) is 18.8 Å².